The van der Waals surface area contributed by atoms with Gasteiger partial charge in [-0.2, -0.15) is 8.42 Å². The summed E-state index contributed by atoms with van der Waals surface area (Å²) in [5, 5.41) is 49.6. The minimum atomic E-state index is -4.94. The van der Waals surface area contributed by atoms with Gasteiger partial charge in [-0.05, 0) is 23.6 Å². The molecule has 5 N–H and O–H groups in total. The van der Waals surface area contributed by atoms with E-state index in [0.717, 1.165) is 6.07 Å². The Morgan fingerprint density at radius 1 is 0.935 bits per heavy atom. The summed E-state index contributed by atoms with van der Waals surface area (Å²) in [5.74, 6) is -1.85. The second-order valence-electron chi connectivity index (χ2n) is 6.07. The molecular formula is C16H11N5O9S. The Hall–Kier alpha value is -4.37. The maximum absolute atomic E-state index is 11.8. The number of fused-ring (bicyclic) bond motifs is 1. The van der Waals surface area contributed by atoms with Crippen molar-refractivity contribution in [2.45, 2.75) is 4.90 Å². The van der Waals surface area contributed by atoms with E-state index in [1.807, 2.05) is 0 Å². The van der Waals surface area contributed by atoms with Crippen LogP contribution in [0.3, 0.4) is 0 Å². The molecule has 0 atom stereocenters. The lowest BCUT2D eigenvalue weighted by atomic mass is 10.1. The zero-order valence-corrected chi connectivity index (χ0v) is 15.8. The van der Waals surface area contributed by atoms with E-state index in [-0.39, 0.29) is 16.5 Å². The number of hydrogen-bond acceptors (Lipinski definition) is 11. The monoisotopic (exact) mass is 449 g/mol. The number of non-ortho nitro benzene ring substituents is 1. The number of nitro groups is 2. The van der Waals surface area contributed by atoms with Crippen LogP contribution in [0, 0.1) is 20.2 Å². The van der Waals surface area contributed by atoms with E-state index in [4.69, 9.17) is 5.73 Å². The molecule has 15 heteroatoms. The average Bonchev–Trinajstić information content (AvgIpc) is 2.67. The fraction of sp³-hybridized carbons (Fsp3) is 0. The molecule has 0 radical (unpaired) electrons. The van der Waals surface area contributed by atoms with Crippen molar-refractivity contribution in [2.24, 2.45) is 10.2 Å². The minimum absolute atomic E-state index is 0.0376. The van der Waals surface area contributed by atoms with Gasteiger partial charge < -0.3 is 15.9 Å². The van der Waals surface area contributed by atoms with Crippen LogP contribution in [0.5, 0.6) is 11.5 Å². The van der Waals surface area contributed by atoms with Gasteiger partial charge in [-0.1, -0.05) is 6.07 Å². The molecule has 0 amide bonds. The first-order valence-corrected chi connectivity index (χ1v) is 9.44. The molecule has 3 aromatic carbocycles. The SMILES string of the molecule is Nc1ccc2cc(S(=O)(=O)O)c(N=Nc3cc([N+](=O)[O-])cc([N+](=O)[O-])c3O)c(O)c2c1. The number of nitrogen functional groups attached to an aromatic ring is 1. The highest BCUT2D eigenvalue weighted by Crippen LogP contribution is 2.44. The Bertz CT molecular complexity index is 1400. The molecule has 0 heterocycles. The first-order valence-electron chi connectivity index (χ1n) is 8.00. The number of azo groups is 1. The van der Waals surface area contributed by atoms with Crippen molar-refractivity contribution in [1.29, 1.82) is 0 Å². The van der Waals surface area contributed by atoms with Crippen LogP contribution in [0.2, 0.25) is 0 Å². The first kappa shape index (κ1) is 21.3. The van der Waals surface area contributed by atoms with Gasteiger partial charge in [0.2, 0.25) is 5.75 Å². The zero-order valence-electron chi connectivity index (χ0n) is 15.0. The molecule has 160 valence electrons. The quantitative estimate of drug-likeness (QED) is 0.146. The van der Waals surface area contributed by atoms with Crippen LogP contribution < -0.4 is 5.73 Å². The number of phenolic OH excluding ortho intramolecular Hbond substituents is 2. The Morgan fingerprint density at radius 2 is 1.61 bits per heavy atom. The van der Waals surface area contributed by atoms with Crippen molar-refractivity contribution in [1.82, 2.24) is 0 Å². The van der Waals surface area contributed by atoms with E-state index in [1.54, 1.807) is 0 Å². The van der Waals surface area contributed by atoms with E-state index in [9.17, 15) is 43.4 Å². The molecule has 0 unspecified atom stereocenters. The molecule has 0 saturated carbocycles. The lowest BCUT2D eigenvalue weighted by Crippen LogP contribution is -1.99. The standard InChI is InChI=1S/C16H11N5O9S/c17-8-2-1-7-3-13(31(28,29)30)14(15(22)10(7)4-8)19-18-11-5-9(20(24)25)6-12(16(11)23)21(26)27/h1-6,22-23H,17H2,(H,28,29,30). The van der Waals surface area contributed by atoms with E-state index in [0.29, 0.717) is 12.1 Å². The molecular weight excluding hydrogens is 438 g/mol. The topological polar surface area (TPSA) is 232 Å². The molecule has 0 bridgehead atoms. The third-order valence-electron chi connectivity index (χ3n) is 4.07. The number of rotatable bonds is 5. The van der Waals surface area contributed by atoms with Crippen molar-refractivity contribution in [3.63, 3.8) is 0 Å². The van der Waals surface area contributed by atoms with E-state index in [1.165, 1.54) is 18.2 Å². The lowest BCUT2D eigenvalue weighted by molar-refractivity contribution is -0.394. The number of benzene rings is 3. The minimum Gasteiger partial charge on any atom is -0.505 e. The Balaban J connectivity index is 2.30. The van der Waals surface area contributed by atoms with Crippen LogP contribution >= 0.6 is 0 Å². The third kappa shape index (κ3) is 4.02. The Kier molecular flexibility index (Phi) is 5.14. The van der Waals surface area contributed by atoms with Gasteiger partial charge >= 0.3 is 5.69 Å². The summed E-state index contributed by atoms with van der Waals surface area (Å²) >= 11 is 0. The van der Waals surface area contributed by atoms with Crippen LogP contribution in [0.25, 0.3) is 10.8 Å². The van der Waals surface area contributed by atoms with Crippen molar-refractivity contribution in [3.8, 4) is 11.5 Å². The van der Waals surface area contributed by atoms with E-state index < -0.39 is 59.1 Å². The second-order valence-corrected chi connectivity index (χ2v) is 7.46. The molecule has 0 aliphatic heterocycles. The predicted molar refractivity (Wildman–Crippen MR) is 105 cm³/mol. The van der Waals surface area contributed by atoms with Gasteiger partial charge in [0.15, 0.2) is 5.75 Å². The lowest BCUT2D eigenvalue weighted by Gasteiger charge is -2.09. The van der Waals surface area contributed by atoms with Crippen molar-refractivity contribution in [2.75, 3.05) is 5.73 Å². The van der Waals surface area contributed by atoms with Crippen LogP contribution in [-0.2, 0) is 10.1 Å². The van der Waals surface area contributed by atoms with Gasteiger partial charge in [-0.3, -0.25) is 24.8 Å². The number of phenols is 2. The molecule has 31 heavy (non-hydrogen) atoms. The van der Waals surface area contributed by atoms with Crippen LogP contribution in [0.15, 0.2) is 51.5 Å². The molecule has 0 spiro atoms. The normalized spacial score (nSPS) is 11.8. The smallest absolute Gasteiger partial charge is 0.319 e. The molecule has 0 aliphatic rings. The Labute approximate surface area is 171 Å². The highest BCUT2D eigenvalue weighted by molar-refractivity contribution is 7.86. The highest BCUT2D eigenvalue weighted by Gasteiger charge is 2.25. The van der Waals surface area contributed by atoms with Crippen LogP contribution in [0.1, 0.15) is 0 Å². The van der Waals surface area contributed by atoms with Crippen molar-refractivity contribution >= 4 is 49.3 Å². The predicted octanol–water partition coefficient (Wildman–Crippen LogP) is 3.31. The summed E-state index contributed by atoms with van der Waals surface area (Å²) in [7, 11) is -4.94. The summed E-state index contributed by atoms with van der Waals surface area (Å²) in [5.41, 5.74) is 2.47. The number of anilines is 1. The number of nitro benzene ring substituents is 2. The molecule has 0 aliphatic carbocycles. The molecule has 0 aromatic heterocycles. The van der Waals surface area contributed by atoms with Gasteiger partial charge in [0.1, 0.15) is 16.3 Å². The molecule has 0 saturated heterocycles. The first-order chi connectivity index (χ1) is 14.4. The van der Waals surface area contributed by atoms with Gasteiger partial charge in [0, 0.05) is 17.1 Å². The zero-order chi connectivity index (χ0) is 23.1. The van der Waals surface area contributed by atoms with Crippen molar-refractivity contribution < 1.29 is 33.0 Å². The number of aromatic hydroxyl groups is 2. The van der Waals surface area contributed by atoms with Gasteiger partial charge in [-0.15, -0.1) is 10.2 Å². The number of nitrogens with two attached hydrogens (primary N) is 1. The van der Waals surface area contributed by atoms with Crippen LogP contribution in [0.4, 0.5) is 28.4 Å². The maximum atomic E-state index is 11.8. The van der Waals surface area contributed by atoms with Crippen molar-refractivity contribution in [3.05, 3.63) is 56.6 Å². The summed E-state index contributed by atoms with van der Waals surface area (Å²) in [4.78, 5) is 19.1. The molecule has 14 nitrogen and oxygen atoms in total. The number of nitrogens with zero attached hydrogens (tertiary/aromatic N) is 4. The van der Waals surface area contributed by atoms with Gasteiger partial charge in [0.25, 0.3) is 15.8 Å². The van der Waals surface area contributed by atoms with E-state index >= 15 is 0 Å². The van der Waals surface area contributed by atoms with Crippen LogP contribution in [-0.4, -0.2) is 33.0 Å². The molecule has 0 fully saturated rings. The van der Waals surface area contributed by atoms with Gasteiger partial charge in [-0.25, -0.2) is 0 Å². The molecule has 3 aromatic rings. The average molecular weight is 449 g/mol. The molecule has 3 rings (SSSR count). The summed E-state index contributed by atoms with van der Waals surface area (Å²) < 4.78 is 33.0. The summed E-state index contributed by atoms with van der Waals surface area (Å²) in [6, 6.07) is 6.18. The van der Waals surface area contributed by atoms with Gasteiger partial charge in [0.05, 0.1) is 15.9 Å². The van der Waals surface area contributed by atoms with E-state index in [2.05, 4.69) is 10.2 Å². The highest BCUT2D eigenvalue weighted by atomic mass is 32.2. The third-order valence-corrected chi connectivity index (χ3v) is 4.94. The fourth-order valence-electron chi connectivity index (χ4n) is 2.67. The Morgan fingerprint density at radius 3 is 2.19 bits per heavy atom. The fourth-order valence-corrected chi connectivity index (χ4v) is 3.32. The largest absolute Gasteiger partial charge is 0.505 e. The summed E-state index contributed by atoms with van der Waals surface area (Å²) in [6.07, 6.45) is 0. The number of hydrogen-bond donors (Lipinski definition) is 4. The maximum Gasteiger partial charge on any atom is 0.319 e. The second kappa shape index (κ2) is 7.47. The summed E-state index contributed by atoms with van der Waals surface area (Å²) in [6.45, 7) is 0.